The van der Waals surface area contributed by atoms with Crippen LogP contribution in [0.4, 0.5) is 22.0 Å². The standard InChI is InChI=1S/C16H16F5NO3/c1-8(10-3-2-9(17)5-13(10)18)4-14(23)22-6-11(15(24)25)12(7-22)16(19,20)21/h2-3,5,8,11-12H,4,6-7H2,1H3,(H,24,25)/t8?,11-,12-/m1/s1. The molecular formula is C16H16F5NO3. The maximum atomic E-state index is 13.7. The molecule has 25 heavy (non-hydrogen) atoms. The minimum absolute atomic E-state index is 0.0658. The Labute approximate surface area is 140 Å². The van der Waals surface area contributed by atoms with E-state index in [1.807, 2.05) is 0 Å². The summed E-state index contributed by atoms with van der Waals surface area (Å²) in [5, 5.41) is 8.95. The molecule has 1 unspecified atom stereocenters. The molecule has 0 aliphatic carbocycles. The first-order valence-corrected chi connectivity index (χ1v) is 7.53. The van der Waals surface area contributed by atoms with Gasteiger partial charge in [-0.25, -0.2) is 8.78 Å². The van der Waals surface area contributed by atoms with Gasteiger partial charge in [-0.15, -0.1) is 0 Å². The average Bonchev–Trinajstić information content (AvgIpc) is 2.92. The Kier molecular flexibility index (Phi) is 5.34. The second kappa shape index (κ2) is 6.97. The van der Waals surface area contributed by atoms with Gasteiger partial charge in [0.2, 0.25) is 5.91 Å². The number of nitrogens with zero attached hydrogens (tertiary/aromatic N) is 1. The van der Waals surface area contributed by atoms with Crippen LogP contribution in [0.25, 0.3) is 0 Å². The molecule has 0 saturated carbocycles. The molecule has 2 rings (SSSR count). The Hall–Kier alpha value is -2.19. The number of rotatable bonds is 4. The third-order valence-corrected chi connectivity index (χ3v) is 4.38. The third-order valence-electron chi connectivity index (χ3n) is 4.38. The van der Waals surface area contributed by atoms with Crippen LogP contribution in [-0.4, -0.2) is 41.1 Å². The van der Waals surface area contributed by atoms with E-state index in [1.54, 1.807) is 0 Å². The van der Waals surface area contributed by atoms with Crippen molar-refractivity contribution < 1.29 is 36.6 Å². The minimum Gasteiger partial charge on any atom is -0.481 e. The molecule has 1 aliphatic heterocycles. The van der Waals surface area contributed by atoms with Gasteiger partial charge in [-0.2, -0.15) is 13.2 Å². The van der Waals surface area contributed by atoms with Crippen molar-refractivity contribution in [3.8, 4) is 0 Å². The topological polar surface area (TPSA) is 57.6 Å². The lowest BCUT2D eigenvalue weighted by Gasteiger charge is -2.20. The number of alkyl halides is 3. The molecule has 1 amide bonds. The first kappa shape index (κ1) is 19.1. The van der Waals surface area contributed by atoms with Crippen molar-refractivity contribution in [2.45, 2.75) is 25.4 Å². The molecule has 0 radical (unpaired) electrons. The smallest absolute Gasteiger partial charge is 0.394 e. The second-order valence-electron chi connectivity index (χ2n) is 6.16. The number of carboxylic acid groups (broad SMARTS) is 1. The van der Waals surface area contributed by atoms with Gasteiger partial charge in [0.25, 0.3) is 0 Å². The quantitative estimate of drug-likeness (QED) is 0.834. The zero-order chi connectivity index (χ0) is 18.9. The monoisotopic (exact) mass is 365 g/mol. The largest absolute Gasteiger partial charge is 0.481 e. The number of carbonyl (C=O) groups is 2. The summed E-state index contributed by atoms with van der Waals surface area (Å²) >= 11 is 0. The molecular weight excluding hydrogens is 349 g/mol. The zero-order valence-corrected chi connectivity index (χ0v) is 13.2. The molecule has 4 nitrogen and oxygen atoms in total. The molecule has 0 aromatic heterocycles. The van der Waals surface area contributed by atoms with Gasteiger partial charge in [0, 0.05) is 25.6 Å². The van der Waals surface area contributed by atoms with E-state index in [0.29, 0.717) is 6.07 Å². The summed E-state index contributed by atoms with van der Waals surface area (Å²) in [4.78, 5) is 24.1. The van der Waals surface area contributed by atoms with Crippen LogP contribution in [0.5, 0.6) is 0 Å². The molecule has 9 heteroatoms. The summed E-state index contributed by atoms with van der Waals surface area (Å²) in [7, 11) is 0. The lowest BCUT2D eigenvalue weighted by Crippen LogP contribution is -2.34. The van der Waals surface area contributed by atoms with E-state index >= 15 is 0 Å². The Morgan fingerprint density at radius 2 is 1.92 bits per heavy atom. The van der Waals surface area contributed by atoms with Gasteiger partial charge in [0.1, 0.15) is 11.6 Å². The maximum absolute atomic E-state index is 13.7. The molecule has 1 aromatic carbocycles. The lowest BCUT2D eigenvalue weighted by molar-refractivity contribution is -0.188. The van der Waals surface area contributed by atoms with Crippen molar-refractivity contribution in [3.05, 3.63) is 35.4 Å². The Bertz CT molecular complexity index is 676. The van der Waals surface area contributed by atoms with Crippen LogP contribution >= 0.6 is 0 Å². The van der Waals surface area contributed by atoms with Gasteiger partial charge in [-0.3, -0.25) is 9.59 Å². The normalized spacial score (nSPS) is 22.1. The number of halogens is 5. The predicted octanol–water partition coefficient (Wildman–Crippen LogP) is 3.18. The molecule has 138 valence electrons. The average molecular weight is 365 g/mol. The molecule has 1 fully saturated rings. The van der Waals surface area contributed by atoms with Crippen molar-refractivity contribution >= 4 is 11.9 Å². The van der Waals surface area contributed by atoms with E-state index in [1.165, 1.54) is 13.0 Å². The number of benzene rings is 1. The minimum atomic E-state index is -4.73. The van der Waals surface area contributed by atoms with Gasteiger partial charge in [0.05, 0.1) is 11.8 Å². The molecule has 3 atom stereocenters. The summed E-state index contributed by atoms with van der Waals surface area (Å²) in [5.41, 5.74) is 0.0658. The van der Waals surface area contributed by atoms with Crippen molar-refractivity contribution in [1.82, 2.24) is 4.90 Å². The van der Waals surface area contributed by atoms with E-state index in [2.05, 4.69) is 0 Å². The number of carboxylic acids is 1. The maximum Gasteiger partial charge on any atom is 0.394 e. The second-order valence-corrected chi connectivity index (χ2v) is 6.16. The van der Waals surface area contributed by atoms with Gasteiger partial charge >= 0.3 is 12.1 Å². The summed E-state index contributed by atoms with van der Waals surface area (Å²) in [6, 6.07) is 2.85. The fraction of sp³-hybridized carbons (Fsp3) is 0.500. The van der Waals surface area contributed by atoms with Crippen LogP contribution < -0.4 is 0 Å². The number of amides is 1. The van der Waals surface area contributed by atoms with Crippen LogP contribution in [-0.2, 0) is 9.59 Å². The van der Waals surface area contributed by atoms with Crippen molar-refractivity contribution in [2.75, 3.05) is 13.1 Å². The van der Waals surface area contributed by atoms with E-state index in [-0.39, 0.29) is 12.0 Å². The van der Waals surface area contributed by atoms with Gasteiger partial charge < -0.3 is 10.0 Å². The SMILES string of the molecule is CC(CC(=O)N1C[C@@H](C(F)(F)F)[C@H](C(=O)O)C1)c1ccc(F)cc1F. The fourth-order valence-corrected chi connectivity index (χ4v) is 2.99. The first-order chi connectivity index (χ1) is 11.5. The summed E-state index contributed by atoms with van der Waals surface area (Å²) < 4.78 is 65.5. The van der Waals surface area contributed by atoms with Crippen LogP contribution in [0, 0.1) is 23.5 Å². The number of hydrogen-bond donors (Lipinski definition) is 1. The third kappa shape index (κ3) is 4.26. The molecule has 1 N–H and O–H groups in total. The van der Waals surface area contributed by atoms with Crippen molar-refractivity contribution in [1.29, 1.82) is 0 Å². The highest BCUT2D eigenvalue weighted by Crippen LogP contribution is 2.38. The molecule has 1 aromatic rings. The fourth-order valence-electron chi connectivity index (χ4n) is 2.99. The number of carbonyl (C=O) groups excluding carboxylic acids is 1. The zero-order valence-electron chi connectivity index (χ0n) is 13.2. The first-order valence-electron chi connectivity index (χ1n) is 7.53. The van der Waals surface area contributed by atoms with Gasteiger partial charge in [-0.05, 0) is 17.5 Å². The summed E-state index contributed by atoms with van der Waals surface area (Å²) in [6.45, 7) is 0.203. The Morgan fingerprint density at radius 3 is 2.40 bits per heavy atom. The summed E-state index contributed by atoms with van der Waals surface area (Å²) in [5.74, 6) is -8.49. The van der Waals surface area contributed by atoms with E-state index in [4.69, 9.17) is 5.11 Å². The highest BCUT2D eigenvalue weighted by Gasteiger charge is 2.53. The van der Waals surface area contributed by atoms with Crippen LogP contribution in [0.1, 0.15) is 24.8 Å². The highest BCUT2D eigenvalue weighted by molar-refractivity contribution is 5.79. The number of hydrogen-bond acceptors (Lipinski definition) is 2. The molecule has 1 saturated heterocycles. The van der Waals surface area contributed by atoms with Crippen LogP contribution in [0.2, 0.25) is 0 Å². The van der Waals surface area contributed by atoms with Crippen molar-refractivity contribution in [3.63, 3.8) is 0 Å². The molecule has 1 aliphatic rings. The van der Waals surface area contributed by atoms with E-state index in [0.717, 1.165) is 11.0 Å². The Balaban J connectivity index is 2.09. The molecule has 1 heterocycles. The van der Waals surface area contributed by atoms with Gasteiger partial charge in [0.15, 0.2) is 0 Å². The lowest BCUT2D eigenvalue weighted by atomic mass is 9.96. The Morgan fingerprint density at radius 1 is 1.28 bits per heavy atom. The van der Waals surface area contributed by atoms with E-state index < -0.39 is 60.5 Å². The molecule has 0 spiro atoms. The van der Waals surface area contributed by atoms with Crippen LogP contribution in [0.3, 0.4) is 0 Å². The molecule has 0 bridgehead atoms. The van der Waals surface area contributed by atoms with Crippen molar-refractivity contribution in [2.24, 2.45) is 11.8 Å². The predicted molar refractivity (Wildman–Crippen MR) is 76.6 cm³/mol. The summed E-state index contributed by atoms with van der Waals surface area (Å²) in [6.07, 6.45) is -5.04. The number of aliphatic carboxylic acids is 1. The highest BCUT2D eigenvalue weighted by atomic mass is 19.4. The number of likely N-dealkylation sites (tertiary alicyclic amines) is 1. The van der Waals surface area contributed by atoms with Gasteiger partial charge in [-0.1, -0.05) is 13.0 Å². The van der Waals surface area contributed by atoms with E-state index in [9.17, 15) is 31.5 Å². The van der Waals surface area contributed by atoms with Crippen LogP contribution in [0.15, 0.2) is 18.2 Å².